The monoisotopic (exact) mass is 411 g/mol. The average Bonchev–Trinajstić information content (AvgIpc) is 3.14. The molecule has 7 heteroatoms. The molecule has 0 saturated carbocycles. The molecule has 152 valence electrons. The third-order valence-corrected chi connectivity index (χ3v) is 5.15. The number of anilines is 1. The smallest absolute Gasteiger partial charge is 0.277 e. The summed E-state index contributed by atoms with van der Waals surface area (Å²) >= 11 is 1.20. The Bertz CT molecular complexity index is 985. The Balaban J connectivity index is 1.53. The van der Waals surface area contributed by atoms with Crippen LogP contribution in [0.4, 0.5) is 5.69 Å². The Kier molecular flexibility index (Phi) is 6.93. The fraction of sp³-hybridized carbons (Fsp3) is 0.318. The molecule has 0 spiro atoms. The van der Waals surface area contributed by atoms with E-state index in [1.165, 1.54) is 11.8 Å². The Hall–Kier alpha value is -2.80. The number of amides is 1. The van der Waals surface area contributed by atoms with E-state index in [0.29, 0.717) is 17.0 Å². The van der Waals surface area contributed by atoms with Crippen molar-refractivity contribution in [3.05, 3.63) is 65.0 Å². The van der Waals surface area contributed by atoms with Crippen LogP contribution in [0.3, 0.4) is 0 Å². The standard InChI is InChI=1S/C22H25N3O3S/c1-14(2)17-10-9-15(3)11-19(17)27-12-21-24-25-22(28-21)29-13-20(26)23-18-8-6-5-7-16(18)4/h5-11,14H,12-13H2,1-4H3,(H,23,26). The third kappa shape index (κ3) is 5.84. The van der Waals surface area contributed by atoms with Gasteiger partial charge in [-0.3, -0.25) is 4.79 Å². The molecule has 3 aromatic rings. The lowest BCUT2D eigenvalue weighted by atomic mass is 10.0. The number of rotatable bonds is 8. The molecular weight excluding hydrogens is 386 g/mol. The highest BCUT2D eigenvalue weighted by Crippen LogP contribution is 2.28. The summed E-state index contributed by atoms with van der Waals surface area (Å²) in [6.45, 7) is 8.42. The second-order valence-electron chi connectivity index (χ2n) is 7.10. The summed E-state index contributed by atoms with van der Waals surface area (Å²) in [5.74, 6) is 1.62. The molecule has 6 nitrogen and oxygen atoms in total. The van der Waals surface area contributed by atoms with E-state index >= 15 is 0 Å². The molecule has 0 aliphatic heterocycles. The number of hydrogen-bond acceptors (Lipinski definition) is 6. The van der Waals surface area contributed by atoms with Crippen molar-refractivity contribution in [3.8, 4) is 5.75 Å². The van der Waals surface area contributed by atoms with E-state index in [4.69, 9.17) is 9.15 Å². The lowest BCUT2D eigenvalue weighted by molar-refractivity contribution is -0.113. The van der Waals surface area contributed by atoms with Crippen molar-refractivity contribution in [2.45, 2.75) is 45.4 Å². The predicted molar refractivity (Wildman–Crippen MR) is 114 cm³/mol. The summed E-state index contributed by atoms with van der Waals surface area (Å²) < 4.78 is 11.5. The minimum absolute atomic E-state index is 0.123. The van der Waals surface area contributed by atoms with Crippen LogP contribution in [0.25, 0.3) is 0 Å². The highest BCUT2D eigenvalue weighted by Gasteiger charge is 2.13. The molecule has 1 amide bonds. The van der Waals surface area contributed by atoms with Crippen LogP contribution in [0.5, 0.6) is 5.75 Å². The molecule has 0 atom stereocenters. The van der Waals surface area contributed by atoms with Gasteiger partial charge < -0.3 is 14.5 Å². The first-order valence-electron chi connectivity index (χ1n) is 9.46. The summed E-state index contributed by atoms with van der Waals surface area (Å²) in [5.41, 5.74) is 4.08. The van der Waals surface area contributed by atoms with Crippen LogP contribution in [0.2, 0.25) is 0 Å². The molecule has 0 radical (unpaired) electrons. The van der Waals surface area contributed by atoms with Gasteiger partial charge in [0.05, 0.1) is 5.75 Å². The fourth-order valence-electron chi connectivity index (χ4n) is 2.76. The van der Waals surface area contributed by atoms with Crippen LogP contribution in [0, 0.1) is 13.8 Å². The Morgan fingerprint density at radius 2 is 1.97 bits per heavy atom. The summed E-state index contributed by atoms with van der Waals surface area (Å²) in [6.07, 6.45) is 0. The molecule has 0 aliphatic carbocycles. The SMILES string of the molecule is Cc1ccc(C(C)C)c(OCc2nnc(SCC(=O)Nc3ccccc3C)o2)c1. The van der Waals surface area contributed by atoms with Crippen LogP contribution in [0.1, 0.15) is 42.3 Å². The number of aromatic nitrogens is 2. The first kappa shape index (κ1) is 20.9. The van der Waals surface area contributed by atoms with E-state index in [1.54, 1.807) is 0 Å². The lowest BCUT2D eigenvalue weighted by Crippen LogP contribution is -2.14. The van der Waals surface area contributed by atoms with E-state index in [1.807, 2.05) is 44.2 Å². The van der Waals surface area contributed by atoms with Crippen LogP contribution >= 0.6 is 11.8 Å². The average molecular weight is 412 g/mol. The number of para-hydroxylation sites is 1. The number of aryl methyl sites for hydroxylation is 2. The largest absolute Gasteiger partial charge is 0.484 e. The molecule has 1 N–H and O–H groups in total. The van der Waals surface area contributed by atoms with Crippen molar-refractivity contribution in [3.63, 3.8) is 0 Å². The highest BCUT2D eigenvalue weighted by atomic mass is 32.2. The van der Waals surface area contributed by atoms with E-state index in [2.05, 4.69) is 41.5 Å². The zero-order chi connectivity index (χ0) is 20.8. The van der Waals surface area contributed by atoms with Crippen molar-refractivity contribution in [2.75, 3.05) is 11.1 Å². The van der Waals surface area contributed by atoms with Gasteiger partial charge in [0.25, 0.3) is 11.1 Å². The van der Waals surface area contributed by atoms with E-state index in [-0.39, 0.29) is 18.3 Å². The lowest BCUT2D eigenvalue weighted by Gasteiger charge is -2.13. The van der Waals surface area contributed by atoms with E-state index in [9.17, 15) is 4.79 Å². The molecule has 0 fully saturated rings. The predicted octanol–water partition coefficient (Wildman–Crippen LogP) is 5.12. The molecule has 29 heavy (non-hydrogen) atoms. The molecule has 3 rings (SSSR count). The molecule has 0 unspecified atom stereocenters. The van der Waals surface area contributed by atoms with Crippen LogP contribution in [-0.4, -0.2) is 21.9 Å². The second-order valence-corrected chi connectivity index (χ2v) is 8.02. The molecule has 2 aromatic carbocycles. The zero-order valence-corrected chi connectivity index (χ0v) is 17.9. The van der Waals surface area contributed by atoms with Gasteiger partial charge in [-0.25, -0.2) is 0 Å². The zero-order valence-electron chi connectivity index (χ0n) is 17.1. The highest BCUT2D eigenvalue weighted by molar-refractivity contribution is 7.99. The van der Waals surface area contributed by atoms with Gasteiger partial charge in [0.15, 0.2) is 6.61 Å². The number of benzene rings is 2. The number of carbonyl (C=O) groups excluding carboxylic acids is 1. The van der Waals surface area contributed by atoms with Crippen molar-refractivity contribution >= 4 is 23.4 Å². The number of nitrogens with one attached hydrogen (secondary N) is 1. The Morgan fingerprint density at radius 1 is 1.17 bits per heavy atom. The van der Waals surface area contributed by atoms with E-state index in [0.717, 1.165) is 28.1 Å². The van der Waals surface area contributed by atoms with E-state index < -0.39 is 0 Å². The van der Waals surface area contributed by atoms with Crippen molar-refractivity contribution in [1.82, 2.24) is 10.2 Å². The number of thioether (sulfide) groups is 1. The van der Waals surface area contributed by atoms with Crippen molar-refractivity contribution < 1.29 is 13.9 Å². The summed E-state index contributed by atoms with van der Waals surface area (Å²) in [6, 6.07) is 13.8. The molecule has 0 aliphatic rings. The molecule has 1 heterocycles. The second kappa shape index (κ2) is 9.60. The summed E-state index contributed by atoms with van der Waals surface area (Å²) in [7, 11) is 0. The maximum atomic E-state index is 12.1. The van der Waals surface area contributed by atoms with Crippen LogP contribution in [0.15, 0.2) is 52.1 Å². The minimum Gasteiger partial charge on any atom is -0.484 e. The van der Waals surface area contributed by atoms with Gasteiger partial charge in [0, 0.05) is 5.69 Å². The van der Waals surface area contributed by atoms with Crippen LogP contribution in [-0.2, 0) is 11.4 Å². The normalized spacial score (nSPS) is 10.9. The van der Waals surface area contributed by atoms with Gasteiger partial charge in [-0.15, -0.1) is 10.2 Å². The van der Waals surface area contributed by atoms with Crippen molar-refractivity contribution in [1.29, 1.82) is 0 Å². The van der Waals surface area contributed by atoms with Gasteiger partial charge in [-0.1, -0.05) is 55.9 Å². The van der Waals surface area contributed by atoms with Gasteiger partial charge in [0.1, 0.15) is 5.75 Å². The number of ether oxygens (including phenoxy) is 1. The van der Waals surface area contributed by atoms with Crippen molar-refractivity contribution in [2.24, 2.45) is 0 Å². The minimum atomic E-state index is -0.123. The van der Waals surface area contributed by atoms with Gasteiger partial charge in [-0.05, 0) is 48.6 Å². The number of carbonyl (C=O) groups is 1. The first-order valence-corrected chi connectivity index (χ1v) is 10.4. The Labute approximate surface area is 175 Å². The third-order valence-electron chi connectivity index (χ3n) is 4.34. The van der Waals surface area contributed by atoms with Gasteiger partial charge in [-0.2, -0.15) is 0 Å². The number of hydrogen-bond donors (Lipinski definition) is 1. The maximum absolute atomic E-state index is 12.1. The summed E-state index contributed by atoms with van der Waals surface area (Å²) in [4.78, 5) is 12.1. The topological polar surface area (TPSA) is 77.2 Å². The Morgan fingerprint density at radius 3 is 2.72 bits per heavy atom. The number of nitrogens with zero attached hydrogens (tertiary/aromatic N) is 2. The molecular formula is C22H25N3O3S. The summed E-state index contributed by atoms with van der Waals surface area (Å²) in [5, 5.41) is 11.2. The molecule has 0 bridgehead atoms. The maximum Gasteiger partial charge on any atom is 0.277 e. The first-order chi connectivity index (χ1) is 13.9. The van der Waals surface area contributed by atoms with Gasteiger partial charge >= 0.3 is 0 Å². The molecule has 0 saturated heterocycles. The fourth-order valence-corrected chi connectivity index (χ4v) is 3.35. The quantitative estimate of drug-likeness (QED) is 0.519. The molecule has 1 aromatic heterocycles. The van der Waals surface area contributed by atoms with Gasteiger partial charge in [0.2, 0.25) is 5.91 Å². The van der Waals surface area contributed by atoms with Crippen LogP contribution < -0.4 is 10.1 Å².